The SMILES string of the molecule is CSCCN1CCCCC1CCCl. The maximum atomic E-state index is 5.80. The lowest BCUT2D eigenvalue weighted by Crippen LogP contribution is -2.41. The summed E-state index contributed by atoms with van der Waals surface area (Å²) in [5.41, 5.74) is 0. The molecule has 1 nitrogen and oxygen atoms in total. The van der Waals surface area contributed by atoms with E-state index in [9.17, 15) is 0 Å². The Hall–Kier alpha value is 0.600. The molecule has 0 aliphatic carbocycles. The fourth-order valence-corrected chi connectivity index (χ4v) is 2.68. The molecule has 1 rings (SSSR count). The van der Waals surface area contributed by atoms with Crippen LogP contribution < -0.4 is 0 Å². The van der Waals surface area contributed by atoms with Crippen molar-refractivity contribution in [3.05, 3.63) is 0 Å². The van der Waals surface area contributed by atoms with Crippen LogP contribution in [0.4, 0.5) is 0 Å². The molecule has 1 heterocycles. The summed E-state index contributed by atoms with van der Waals surface area (Å²) in [6.45, 7) is 2.55. The molecule has 0 amide bonds. The number of alkyl halides is 1. The largest absolute Gasteiger partial charge is 0.300 e. The van der Waals surface area contributed by atoms with Crippen molar-refractivity contribution in [2.24, 2.45) is 0 Å². The molecule has 0 aromatic rings. The zero-order valence-electron chi connectivity index (χ0n) is 8.47. The molecule has 1 atom stereocenters. The summed E-state index contributed by atoms with van der Waals surface area (Å²) in [4.78, 5) is 2.63. The molecule has 3 heteroatoms. The summed E-state index contributed by atoms with van der Waals surface area (Å²) >= 11 is 7.74. The smallest absolute Gasteiger partial charge is 0.0238 e. The lowest BCUT2D eigenvalue weighted by molar-refractivity contribution is 0.154. The third-order valence-corrected chi connectivity index (χ3v) is 3.58. The number of rotatable bonds is 5. The standard InChI is InChI=1S/C10H20ClNS/c1-13-9-8-12-7-3-2-4-10(12)5-6-11/h10H,2-9H2,1H3. The average molecular weight is 222 g/mol. The second-order valence-corrected chi connectivity index (χ2v) is 5.02. The number of halogens is 1. The van der Waals surface area contributed by atoms with Crippen LogP contribution in [0.25, 0.3) is 0 Å². The summed E-state index contributed by atoms with van der Waals surface area (Å²) in [6, 6.07) is 0.776. The van der Waals surface area contributed by atoms with Gasteiger partial charge in [-0.2, -0.15) is 11.8 Å². The Kier molecular flexibility index (Phi) is 6.26. The van der Waals surface area contributed by atoms with E-state index in [1.165, 1.54) is 44.5 Å². The van der Waals surface area contributed by atoms with E-state index in [-0.39, 0.29) is 0 Å². The lowest BCUT2D eigenvalue weighted by Gasteiger charge is -2.35. The average Bonchev–Trinajstić information content (AvgIpc) is 2.17. The molecule has 1 aliphatic rings. The third kappa shape index (κ3) is 4.09. The predicted octanol–water partition coefficient (Wildman–Crippen LogP) is 2.83. The molecule has 1 saturated heterocycles. The van der Waals surface area contributed by atoms with Gasteiger partial charge in [0.05, 0.1) is 0 Å². The lowest BCUT2D eigenvalue weighted by atomic mass is 10.0. The molecule has 0 bridgehead atoms. The van der Waals surface area contributed by atoms with E-state index in [0.29, 0.717) is 0 Å². The van der Waals surface area contributed by atoms with E-state index >= 15 is 0 Å². The van der Waals surface area contributed by atoms with Crippen LogP contribution in [0.2, 0.25) is 0 Å². The first-order valence-corrected chi connectivity index (χ1v) is 7.10. The summed E-state index contributed by atoms with van der Waals surface area (Å²) in [5.74, 6) is 2.08. The van der Waals surface area contributed by atoms with E-state index < -0.39 is 0 Å². The molecule has 0 N–H and O–H groups in total. The molecule has 0 saturated carbocycles. The van der Waals surface area contributed by atoms with E-state index in [1.54, 1.807) is 0 Å². The molecule has 1 unspecified atom stereocenters. The minimum atomic E-state index is 0.776. The zero-order valence-corrected chi connectivity index (χ0v) is 10.0. The molecule has 1 aliphatic heterocycles. The van der Waals surface area contributed by atoms with Crippen molar-refractivity contribution >= 4 is 23.4 Å². The van der Waals surface area contributed by atoms with E-state index in [2.05, 4.69) is 11.2 Å². The highest BCUT2D eigenvalue weighted by molar-refractivity contribution is 7.98. The molecule has 13 heavy (non-hydrogen) atoms. The second-order valence-electron chi connectivity index (χ2n) is 3.66. The van der Waals surface area contributed by atoms with Gasteiger partial charge < -0.3 is 0 Å². The van der Waals surface area contributed by atoms with Crippen LogP contribution in [0.15, 0.2) is 0 Å². The molecule has 0 radical (unpaired) electrons. The third-order valence-electron chi connectivity index (χ3n) is 2.77. The van der Waals surface area contributed by atoms with Gasteiger partial charge in [0, 0.05) is 24.2 Å². The first kappa shape index (κ1) is 11.7. The first-order valence-electron chi connectivity index (χ1n) is 5.17. The number of nitrogens with zero attached hydrogens (tertiary/aromatic N) is 1. The van der Waals surface area contributed by atoms with Gasteiger partial charge in [0.25, 0.3) is 0 Å². The minimum absolute atomic E-state index is 0.776. The Bertz CT molecular complexity index is 130. The van der Waals surface area contributed by atoms with Crippen LogP contribution in [-0.4, -0.2) is 41.9 Å². The summed E-state index contributed by atoms with van der Waals surface area (Å²) in [6.07, 6.45) is 7.50. The van der Waals surface area contributed by atoms with Crippen LogP contribution in [0.3, 0.4) is 0 Å². The van der Waals surface area contributed by atoms with Crippen molar-refractivity contribution in [1.82, 2.24) is 4.90 Å². The van der Waals surface area contributed by atoms with E-state index in [0.717, 1.165) is 11.9 Å². The highest BCUT2D eigenvalue weighted by Crippen LogP contribution is 2.20. The highest BCUT2D eigenvalue weighted by atomic mass is 35.5. The van der Waals surface area contributed by atoms with Gasteiger partial charge in [-0.3, -0.25) is 4.90 Å². The fraction of sp³-hybridized carbons (Fsp3) is 1.00. The Labute approximate surface area is 91.2 Å². The maximum Gasteiger partial charge on any atom is 0.0238 e. The molecule has 78 valence electrons. The Morgan fingerprint density at radius 1 is 1.46 bits per heavy atom. The Morgan fingerprint density at radius 2 is 2.31 bits per heavy atom. The normalized spacial score (nSPS) is 24.9. The summed E-state index contributed by atoms with van der Waals surface area (Å²) in [7, 11) is 0. The van der Waals surface area contributed by atoms with Gasteiger partial charge >= 0.3 is 0 Å². The van der Waals surface area contributed by atoms with Crippen LogP contribution in [0, 0.1) is 0 Å². The molecule has 0 aromatic heterocycles. The molecule has 0 spiro atoms. The van der Waals surface area contributed by atoms with Gasteiger partial charge in [-0.15, -0.1) is 11.6 Å². The molecular formula is C10H20ClNS. The fourth-order valence-electron chi connectivity index (χ4n) is 2.02. The van der Waals surface area contributed by atoms with Gasteiger partial charge in [0.15, 0.2) is 0 Å². The van der Waals surface area contributed by atoms with Gasteiger partial charge in [-0.05, 0) is 32.1 Å². The van der Waals surface area contributed by atoms with Crippen molar-refractivity contribution in [1.29, 1.82) is 0 Å². The van der Waals surface area contributed by atoms with Crippen LogP contribution >= 0.6 is 23.4 Å². The zero-order chi connectivity index (χ0) is 9.52. The molecule has 0 aromatic carbocycles. The van der Waals surface area contributed by atoms with E-state index in [4.69, 9.17) is 11.6 Å². The molecular weight excluding hydrogens is 202 g/mol. The number of piperidine rings is 1. The minimum Gasteiger partial charge on any atom is -0.300 e. The number of hydrogen-bond donors (Lipinski definition) is 0. The van der Waals surface area contributed by atoms with Crippen LogP contribution in [0.1, 0.15) is 25.7 Å². The van der Waals surface area contributed by atoms with Gasteiger partial charge in [-0.1, -0.05) is 6.42 Å². The monoisotopic (exact) mass is 221 g/mol. The number of hydrogen-bond acceptors (Lipinski definition) is 2. The predicted molar refractivity (Wildman–Crippen MR) is 62.9 cm³/mol. The summed E-state index contributed by atoms with van der Waals surface area (Å²) in [5, 5.41) is 0. The maximum absolute atomic E-state index is 5.80. The highest BCUT2D eigenvalue weighted by Gasteiger charge is 2.20. The van der Waals surface area contributed by atoms with Crippen molar-refractivity contribution in [3.63, 3.8) is 0 Å². The Balaban J connectivity index is 2.28. The topological polar surface area (TPSA) is 3.24 Å². The van der Waals surface area contributed by atoms with Gasteiger partial charge in [0.1, 0.15) is 0 Å². The van der Waals surface area contributed by atoms with Gasteiger partial charge in [0.2, 0.25) is 0 Å². The van der Waals surface area contributed by atoms with Gasteiger partial charge in [-0.25, -0.2) is 0 Å². The van der Waals surface area contributed by atoms with Crippen LogP contribution in [0.5, 0.6) is 0 Å². The second kappa shape index (κ2) is 6.97. The number of likely N-dealkylation sites (tertiary alicyclic amines) is 1. The number of thioether (sulfide) groups is 1. The van der Waals surface area contributed by atoms with Crippen molar-refractivity contribution < 1.29 is 0 Å². The van der Waals surface area contributed by atoms with Crippen molar-refractivity contribution in [2.45, 2.75) is 31.7 Å². The quantitative estimate of drug-likeness (QED) is 0.657. The Morgan fingerprint density at radius 3 is 3.00 bits per heavy atom. The van der Waals surface area contributed by atoms with Crippen molar-refractivity contribution in [3.8, 4) is 0 Å². The van der Waals surface area contributed by atoms with Crippen LogP contribution in [-0.2, 0) is 0 Å². The molecule has 1 fully saturated rings. The van der Waals surface area contributed by atoms with Crippen molar-refractivity contribution in [2.75, 3.05) is 31.0 Å². The first-order chi connectivity index (χ1) is 6.38. The van der Waals surface area contributed by atoms with E-state index in [1.807, 2.05) is 11.8 Å². The summed E-state index contributed by atoms with van der Waals surface area (Å²) < 4.78 is 0.